The molecule has 2 aromatic rings. The number of nitrogens with two attached hydrogens (primary N) is 1. The first-order valence-electron chi connectivity index (χ1n) is 4.71. The molecule has 0 aliphatic heterocycles. The summed E-state index contributed by atoms with van der Waals surface area (Å²) in [6.07, 6.45) is 2.18. The third kappa shape index (κ3) is 2.36. The van der Waals surface area contributed by atoms with Crippen LogP contribution in [0.3, 0.4) is 0 Å². The molecule has 0 spiro atoms. The maximum absolute atomic E-state index is 5.67. The highest BCUT2D eigenvalue weighted by Crippen LogP contribution is 2.17. The van der Waals surface area contributed by atoms with Crippen LogP contribution in [0, 0.1) is 0 Å². The minimum Gasteiger partial charge on any atom is -0.391 e. The molecule has 1 aromatic heterocycles. The van der Waals surface area contributed by atoms with Gasteiger partial charge in [0.25, 0.3) is 0 Å². The minimum absolute atomic E-state index is 0.910. The Labute approximate surface area is 88.2 Å². The monoisotopic (exact) mass is 203 g/mol. The van der Waals surface area contributed by atoms with Crippen molar-refractivity contribution < 1.29 is 0 Å². The second-order valence-electron chi connectivity index (χ2n) is 3.34. The van der Waals surface area contributed by atoms with Gasteiger partial charge < -0.3 is 5.73 Å². The Morgan fingerprint density at radius 2 is 1.71 bits per heavy atom. The van der Waals surface area contributed by atoms with Gasteiger partial charge in [-0.1, -0.05) is 30.3 Å². The van der Waals surface area contributed by atoms with Gasteiger partial charge in [-0.2, -0.15) is 0 Å². The van der Waals surface area contributed by atoms with Crippen molar-refractivity contribution >= 4 is 16.3 Å². The van der Waals surface area contributed by atoms with Gasteiger partial charge in [0.05, 0.1) is 5.00 Å². The highest BCUT2D eigenvalue weighted by molar-refractivity contribution is 7.14. The zero-order chi connectivity index (χ0) is 9.80. The standard InChI is InChI=1S/C12H13NS/c13-12-8-11(9-14-12)7-6-10-4-2-1-3-5-10/h1-5,8-9H,6-7,13H2. The summed E-state index contributed by atoms with van der Waals surface area (Å²) in [7, 11) is 0. The van der Waals surface area contributed by atoms with Crippen LogP contribution in [-0.2, 0) is 12.8 Å². The van der Waals surface area contributed by atoms with E-state index in [0.717, 1.165) is 17.8 Å². The second-order valence-corrected chi connectivity index (χ2v) is 4.29. The van der Waals surface area contributed by atoms with Crippen LogP contribution in [0.25, 0.3) is 0 Å². The van der Waals surface area contributed by atoms with Gasteiger partial charge in [-0.25, -0.2) is 0 Å². The number of hydrogen-bond acceptors (Lipinski definition) is 2. The molecule has 0 saturated heterocycles. The van der Waals surface area contributed by atoms with E-state index in [1.807, 2.05) is 6.07 Å². The molecular weight excluding hydrogens is 190 g/mol. The quantitative estimate of drug-likeness (QED) is 0.815. The third-order valence-corrected chi connectivity index (χ3v) is 3.03. The van der Waals surface area contributed by atoms with Crippen LogP contribution < -0.4 is 5.73 Å². The zero-order valence-electron chi connectivity index (χ0n) is 7.94. The molecule has 0 unspecified atom stereocenters. The van der Waals surface area contributed by atoms with Crippen LogP contribution in [0.5, 0.6) is 0 Å². The van der Waals surface area contributed by atoms with E-state index in [1.54, 1.807) is 11.3 Å². The van der Waals surface area contributed by atoms with Crippen LogP contribution in [0.1, 0.15) is 11.1 Å². The fourth-order valence-corrected chi connectivity index (χ4v) is 2.15. The Morgan fingerprint density at radius 1 is 1.00 bits per heavy atom. The van der Waals surface area contributed by atoms with Crippen LogP contribution in [-0.4, -0.2) is 0 Å². The van der Waals surface area contributed by atoms with Crippen LogP contribution >= 0.6 is 11.3 Å². The number of aryl methyl sites for hydroxylation is 2. The first-order chi connectivity index (χ1) is 6.84. The zero-order valence-corrected chi connectivity index (χ0v) is 8.76. The van der Waals surface area contributed by atoms with Gasteiger partial charge in [0.15, 0.2) is 0 Å². The Balaban J connectivity index is 1.95. The van der Waals surface area contributed by atoms with Crippen molar-refractivity contribution in [3.63, 3.8) is 0 Å². The lowest BCUT2D eigenvalue weighted by Crippen LogP contribution is -1.88. The number of hydrogen-bond donors (Lipinski definition) is 1. The van der Waals surface area contributed by atoms with Gasteiger partial charge >= 0.3 is 0 Å². The largest absolute Gasteiger partial charge is 0.391 e. The molecule has 2 rings (SSSR count). The molecule has 2 heteroatoms. The second kappa shape index (κ2) is 4.29. The van der Waals surface area contributed by atoms with E-state index in [1.165, 1.54) is 11.1 Å². The van der Waals surface area contributed by atoms with Crippen molar-refractivity contribution in [2.45, 2.75) is 12.8 Å². The molecule has 0 atom stereocenters. The summed E-state index contributed by atoms with van der Waals surface area (Å²) >= 11 is 1.62. The Bertz CT molecular complexity index is 392. The highest BCUT2D eigenvalue weighted by atomic mass is 32.1. The molecule has 0 aliphatic rings. The fourth-order valence-electron chi connectivity index (χ4n) is 1.46. The van der Waals surface area contributed by atoms with Crippen LogP contribution in [0.15, 0.2) is 41.8 Å². The number of thiophene rings is 1. The highest BCUT2D eigenvalue weighted by Gasteiger charge is 1.97. The lowest BCUT2D eigenvalue weighted by molar-refractivity contribution is 0.966. The lowest BCUT2D eigenvalue weighted by Gasteiger charge is -1.98. The summed E-state index contributed by atoms with van der Waals surface area (Å²) in [5.41, 5.74) is 8.40. The van der Waals surface area contributed by atoms with Gasteiger partial charge in [0, 0.05) is 0 Å². The molecule has 0 radical (unpaired) electrons. The summed E-state index contributed by atoms with van der Waals surface area (Å²) in [5, 5.41) is 3.05. The van der Waals surface area contributed by atoms with Crippen molar-refractivity contribution in [1.82, 2.24) is 0 Å². The minimum atomic E-state index is 0.910. The molecule has 1 aromatic carbocycles. The Hall–Kier alpha value is -1.28. The Morgan fingerprint density at radius 3 is 2.36 bits per heavy atom. The molecule has 0 saturated carbocycles. The summed E-state index contributed by atoms with van der Waals surface area (Å²) in [5.74, 6) is 0. The molecule has 1 heterocycles. The SMILES string of the molecule is Nc1cc(CCc2ccccc2)cs1. The van der Waals surface area contributed by atoms with Crippen molar-refractivity contribution in [2.24, 2.45) is 0 Å². The first kappa shape index (κ1) is 9.28. The molecular formula is C12H13NS. The predicted molar refractivity (Wildman–Crippen MR) is 62.6 cm³/mol. The number of rotatable bonds is 3. The Kier molecular flexibility index (Phi) is 2.84. The van der Waals surface area contributed by atoms with Gasteiger partial charge in [-0.15, -0.1) is 11.3 Å². The van der Waals surface area contributed by atoms with Crippen molar-refractivity contribution in [1.29, 1.82) is 0 Å². The number of nitrogen functional groups attached to an aromatic ring is 1. The molecule has 72 valence electrons. The van der Waals surface area contributed by atoms with Crippen molar-refractivity contribution in [2.75, 3.05) is 5.73 Å². The summed E-state index contributed by atoms with van der Waals surface area (Å²) in [6.45, 7) is 0. The fraction of sp³-hybridized carbons (Fsp3) is 0.167. The van der Waals surface area contributed by atoms with E-state index in [-0.39, 0.29) is 0 Å². The number of anilines is 1. The molecule has 0 amide bonds. The van der Waals surface area contributed by atoms with Crippen LogP contribution in [0.2, 0.25) is 0 Å². The molecule has 1 nitrogen and oxygen atoms in total. The maximum Gasteiger partial charge on any atom is 0.0859 e. The summed E-state index contributed by atoms with van der Waals surface area (Å²) < 4.78 is 0. The van der Waals surface area contributed by atoms with E-state index in [9.17, 15) is 0 Å². The summed E-state index contributed by atoms with van der Waals surface area (Å²) in [6, 6.07) is 12.6. The van der Waals surface area contributed by atoms with Crippen LogP contribution in [0.4, 0.5) is 5.00 Å². The van der Waals surface area contributed by atoms with Crippen molar-refractivity contribution in [3.8, 4) is 0 Å². The van der Waals surface area contributed by atoms with Gasteiger partial charge in [-0.3, -0.25) is 0 Å². The lowest BCUT2D eigenvalue weighted by atomic mass is 10.1. The number of benzene rings is 1. The maximum atomic E-state index is 5.67. The van der Waals surface area contributed by atoms with E-state index >= 15 is 0 Å². The van der Waals surface area contributed by atoms with E-state index < -0.39 is 0 Å². The van der Waals surface area contributed by atoms with Gasteiger partial charge in [0.2, 0.25) is 0 Å². The predicted octanol–water partition coefficient (Wildman–Crippen LogP) is 3.12. The molecule has 0 fully saturated rings. The van der Waals surface area contributed by atoms with E-state index in [0.29, 0.717) is 0 Å². The van der Waals surface area contributed by atoms with Gasteiger partial charge in [0.1, 0.15) is 0 Å². The molecule has 0 bridgehead atoms. The molecule has 14 heavy (non-hydrogen) atoms. The van der Waals surface area contributed by atoms with E-state index in [2.05, 4.69) is 35.7 Å². The molecule has 2 N–H and O–H groups in total. The summed E-state index contributed by atoms with van der Waals surface area (Å²) in [4.78, 5) is 0. The third-order valence-electron chi connectivity index (χ3n) is 2.22. The van der Waals surface area contributed by atoms with Crippen molar-refractivity contribution in [3.05, 3.63) is 52.9 Å². The molecule has 0 aliphatic carbocycles. The van der Waals surface area contributed by atoms with E-state index in [4.69, 9.17) is 5.73 Å². The average Bonchev–Trinajstić information content (AvgIpc) is 2.63. The topological polar surface area (TPSA) is 26.0 Å². The van der Waals surface area contributed by atoms with Gasteiger partial charge in [-0.05, 0) is 35.4 Å². The smallest absolute Gasteiger partial charge is 0.0859 e. The average molecular weight is 203 g/mol. The normalized spacial score (nSPS) is 10.3. The first-order valence-corrected chi connectivity index (χ1v) is 5.59.